The zero-order valence-corrected chi connectivity index (χ0v) is 9.67. The second-order valence-corrected chi connectivity index (χ2v) is 4.33. The monoisotopic (exact) mass is 192 g/mol. The van der Waals surface area contributed by atoms with Crippen LogP contribution in [-0.4, -0.2) is 9.97 Å². The number of aromatic nitrogens is 2. The molecule has 0 unspecified atom stereocenters. The van der Waals surface area contributed by atoms with Crippen molar-refractivity contribution in [3.8, 4) is 0 Å². The van der Waals surface area contributed by atoms with Gasteiger partial charge in [0.1, 0.15) is 0 Å². The minimum atomic E-state index is 0.785. The van der Waals surface area contributed by atoms with E-state index in [0.29, 0.717) is 0 Å². The fourth-order valence-electron chi connectivity index (χ4n) is 1.50. The lowest BCUT2D eigenvalue weighted by Crippen LogP contribution is -2.00. The van der Waals surface area contributed by atoms with Gasteiger partial charge >= 0.3 is 0 Å². The van der Waals surface area contributed by atoms with Crippen molar-refractivity contribution in [2.45, 2.75) is 47.0 Å². The van der Waals surface area contributed by atoms with Gasteiger partial charge in [-0.3, -0.25) is 9.97 Å². The number of aryl methyl sites for hydroxylation is 3. The SMILES string of the molecule is Cc1cnc(C)c(CCCC(C)C)n1. The van der Waals surface area contributed by atoms with Crippen LogP contribution in [0.5, 0.6) is 0 Å². The quantitative estimate of drug-likeness (QED) is 0.732. The van der Waals surface area contributed by atoms with E-state index < -0.39 is 0 Å². The molecule has 0 aliphatic carbocycles. The Morgan fingerprint density at radius 3 is 2.64 bits per heavy atom. The molecule has 0 fully saturated rings. The summed E-state index contributed by atoms with van der Waals surface area (Å²) in [5.74, 6) is 0.785. The molecular weight excluding hydrogens is 172 g/mol. The molecule has 1 rings (SSSR count). The van der Waals surface area contributed by atoms with Gasteiger partial charge in [-0.25, -0.2) is 0 Å². The molecule has 0 N–H and O–H groups in total. The summed E-state index contributed by atoms with van der Waals surface area (Å²) >= 11 is 0. The summed E-state index contributed by atoms with van der Waals surface area (Å²) in [6, 6.07) is 0. The average Bonchev–Trinajstić information content (AvgIpc) is 2.10. The van der Waals surface area contributed by atoms with Crippen LogP contribution in [0, 0.1) is 19.8 Å². The number of hydrogen-bond donors (Lipinski definition) is 0. The molecule has 0 amide bonds. The van der Waals surface area contributed by atoms with Crippen molar-refractivity contribution < 1.29 is 0 Å². The number of hydrogen-bond acceptors (Lipinski definition) is 2. The lowest BCUT2D eigenvalue weighted by molar-refractivity contribution is 0.551. The third-order valence-corrected chi connectivity index (χ3v) is 2.37. The first kappa shape index (κ1) is 11.2. The van der Waals surface area contributed by atoms with Gasteiger partial charge in [-0.2, -0.15) is 0 Å². The lowest BCUT2D eigenvalue weighted by atomic mass is 10.0. The highest BCUT2D eigenvalue weighted by atomic mass is 14.8. The van der Waals surface area contributed by atoms with Gasteiger partial charge < -0.3 is 0 Å². The third-order valence-electron chi connectivity index (χ3n) is 2.37. The summed E-state index contributed by atoms with van der Waals surface area (Å²) in [6.45, 7) is 8.55. The maximum atomic E-state index is 4.51. The Morgan fingerprint density at radius 1 is 1.29 bits per heavy atom. The van der Waals surface area contributed by atoms with Crippen LogP contribution in [0.25, 0.3) is 0 Å². The van der Waals surface area contributed by atoms with Crippen molar-refractivity contribution in [1.29, 1.82) is 0 Å². The highest BCUT2D eigenvalue weighted by Crippen LogP contribution is 2.10. The minimum Gasteiger partial charge on any atom is -0.258 e. The first-order chi connectivity index (χ1) is 6.59. The van der Waals surface area contributed by atoms with E-state index in [-0.39, 0.29) is 0 Å². The summed E-state index contributed by atoms with van der Waals surface area (Å²) in [5, 5.41) is 0. The molecule has 0 saturated carbocycles. The normalized spacial score (nSPS) is 10.9. The van der Waals surface area contributed by atoms with Crippen molar-refractivity contribution in [3.63, 3.8) is 0 Å². The molecule has 2 nitrogen and oxygen atoms in total. The van der Waals surface area contributed by atoms with Gasteiger partial charge in [0.15, 0.2) is 0 Å². The van der Waals surface area contributed by atoms with Crippen LogP contribution in [0.3, 0.4) is 0 Å². The van der Waals surface area contributed by atoms with Crippen molar-refractivity contribution in [2.24, 2.45) is 5.92 Å². The fraction of sp³-hybridized carbons (Fsp3) is 0.667. The molecule has 1 heterocycles. The Kier molecular flexibility index (Phi) is 4.05. The zero-order chi connectivity index (χ0) is 10.6. The lowest BCUT2D eigenvalue weighted by Gasteiger charge is -2.06. The summed E-state index contributed by atoms with van der Waals surface area (Å²) in [5.41, 5.74) is 3.28. The molecule has 0 aromatic carbocycles. The van der Waals surface area contributed by atoms with Crippen LogP contribution in [0.4, 0.5) is 0 Å². The van der Waals surface area contributed by atoms with Crippen LogP contribution >= 0.6 is 0 Å². The predicted molar refractivity (Wildman–Crippen MR) is 59.3 cm³/mol. The maximum absolute atomic E-state index is 4.51. The van der Waals surface area contributed by atoms with Gasteiger partial charge in [0, 0.05) is 6.20 Å². The van der Waals surface area contributed by atoms with Gasteiger partial charge in [0.25, 0.3) is 0 Å². The first-order valence-corrected chi connectivity index (χ1v) is 5.38. The van der Waals surface area contributed by atoms with E-state index in [0.717, 1.165) is 23.7 Å². The molecule has 0 saturated heterocycles. The third kappa shape index (κ3) is 3.44. The molecule has 14 heavy (non-hydrogen) atoms. The van der Waals surface area contributed by atoms with E-state index in [1.807, 2.05) is 20.0 Å². The Labute approximate surface area is 86.8 Å². The van der Waals surface area contributed by atoms with Crippen molar-refractivity contribution in [3.05, 3.63) is 23.3 Å². The van der Waals surface area contributed by atoms with Gasteiger partial charge in [-0.15, -0.1) is 0 Å². The predicted octanol–water partition coefficient (Wildman–Crippen LogP) is 3.07. The number of nitrogens with zero attached hydrogens (tertiary/aromatic N) is 2. The Hall–Kier alpha value is -0.920. The molecule has 2 heteroatoms. The van der Waals surface area contributed by atoms with Gasteiger partial charge in [-0.1, -0.05) is 20.3 Å². The summed E-state index contributed by atoms with van der Waals surface area (Å²) in [6.07, 6.45) is 5.39. The molecule has 78 valence electrons. The van der Waals surface area contributed by atoms with Crippen LogP contribution in [0.15, 0.2) is 6.20 Å². The summed E-state index contributed by atoms with van der Waals surface area (Å²) in [7, 11) is 0. The van der Waals surface area contributed by atoms with Crippen LogP contribution in [0.1, 0.15) is 43.8 Å². The van der Waals surface area contributed by atoms with E-state index in [9.17, 15) is 0 Å². The maximum Gasteiger partial charge on any atom is 0.0619 e. The molecule has 0 bridgehead atoms. The highest BCUT2D eigenvalue weighted by Gasteiger charge is 2.02. The largest absolute Gasteiger partial charge is 0.258 e. The highest BCUT2D eigenvalue weighted by molar-refractivity contribution is 5.11. The Balaban J connectivity index is 2.53. The molecule has 0 aliphatic heterocycles. The molecule has 1 aromatic rings. The standard InChI is InChI=1S/C12H20N2/c1-9(2)6-5-7-12-11(4)13-8-10(3)14-12/h8-9H,5-7H2,1-4H3. The van der Waals surface area contributed by atoms with E-state index in [1.54, 1.807) is 0 Å². The van der Waals surface area contributed by atoms with Crippen LogP contribution in [0.2, 0.25) is 0 Å². The van der Waals surface area contributed by atoms with Gasteiger partial charge in [0.2, 0.25) is 0 Å². The summed E-state index contributed by atoms with van der Waals surface area (Å²) < 4.78 is 0. The second kappa shape index (κ2) is 5.08. The molecular formula is C12H20N2. The Morgan fingerprint density at radius 2 is 2.00 bits per heavy atom. The molecule has 0 spiro atoms. The topological polar surface area (TPSA) is 25.8 Å². The molecule has 0 atom stereocenters. The average molecular weight is 192 g/mol. The minimum absolute atomic E-state index is 0.785. The fourth-order valence-corrected chi connectivity index (χ4v) is 1.50. The van der Waals surface area contributed by atoms with Crippen molar-refractivity contribution in [1.82, 2.24) is 9.97 Å². The second-order valence-electron chi connectivity index (χ2n) is 4.33. The smallest absolute Gasteiger partial charge is 0.0619 e. The van der Waals surface area contributed by atoms with Crippen LogP contribution < -0.4 is 0 Å². The zero-order valence-electron chi connectivity index (χ0n) is 9.67. The van der Waals surface area contributed by atoms with Crippen molar-refractivity contribution >= 4 is 0 Å². The summed E-state index contributed by atoms with van der Waals surface area (Å²) in [4.78, 5) is 8.82. The number of rotatable bonds is 4. The first-order valence-electron chi connectivity index (χ1n) is 5.38. The van der Waals surface area contributed by atoms with E-state index in [1.165, 1.54) is 18.5 Å². The van der Waals surface area contributed by atoms with E-state index in [4.69, 9.17) is 0 Å². The Bertz CT molecular complexity index is 292. The van der Waals surface area contributed by atoms with Gasteiger partial charge in [0.05, 0.1) is 17.1 Å². The van der Waals surface area contributed by atoms with E-state index >= 15 is 0 Å². The van der Waals surface area contributed by atoms with Crippen molar-refractivity contribution in [2.75, 3.05) is 0 Å². The van der Waals surface area contributed by atoms with E-state index in [2.05, 4.69) is 23.8 Å². The molecule has 0 radical (unpaired) electrons. The van der Waals surface area contributed by atoms with Crippen LogP contribution in [-0.2, 0) is 6.42 Å². The molecule has 1 aromatic heterocycles. The van der Waals surface area contributed by atoms with Gasteiger partial charge in [-0.05, 0) is 32.6 Å². The molecule has 0 aliphatic rings.